The molecule has 1 unspecified atom stereocenters. The lowest BCUT2D eigenvalue weighted by Gasteiger charge is -2.23. The molecule has 1 fully saturated rings. The average Bonchev–Trinajstić information content (AvgIpc) is 3.01. The van der Waals surface area contributed by atoms with E-state index in [1.165, 1.54) is 10.8 Å². The molecule has 2 amide bonds. The number of benzene rings is 2. The Morgan fingerprint density at radius 1 is 1.24 bits per heavy atom. The zero-order valence-electron chi connectivity index (χ0n) is 12.0. The second-order valence-corrected chi connectivity index (χ2v) is 5.51. The molecule has 21 heavy (non-hydrogen) atoms. The van der Waals surface area contributed by atoms with Gasteiger partial charge >= 0.3 is 6.03 Å². The number of carbonyl (C=O) groups excluding carboxylic acids is 1. The summed E-state index contributed by atoms with van der Waals surface area (Å²) < 4.78 is 0. The molecular formula is C17H20N2O2. The van der Waals surface area contributed by atoms with Gasteiger partial charge in [0.15, 0.2) is 0 Å². The second kappa shape index (κ2) is 6.14. The summed E-state index contributed by atoms with van der Waals surface area (Å²) in [5.41, 5.74) is 1.08. The summed E-state index contributed by atoms with van der Waals surface area (Å²) in [6, 6.07) is 14.3. The molecule has 1 aliphatic rings. The first-order valence-corrected chi connectivity index (χ1v) is 7.41. The third kappa shape index (κ3) is 3.00. The van der Waals surface area contributed by atoms with Crippen LogP contribution >= 0.6 is 0 Å². The molecule has 1 aliphatic heterocycles. The van der Waals surface area contributed by atoms with E-state index in [0.717, 1.165) is 24.9 Å². The molecular weight excluding hydrogens is 264 g/mol. The summed E-state index contributed by atoms with van der Waals surface area (Å²) in [4.78, 5) is 13.9. The average molecular weight is 284 g/mol. The number of amides is 2. The highest BCUT2D eigenvalue weighted by atomic mass is 16.3. The third-order valence-electron chi connectivity index (χ3n) is 4.11. The number of likely N-dealkylation sites (tertiary alicyclic amines) is 1. The van der Waals surface area contributed by atoms with E-state index >= 15 is 0 Å². The topological polar surface area (TPSA) is 52.6 Å². The van der Waals surface area contributed by atoms with Gasteiger partial charge in [-0.1, -0.05) is 36.4 Å². The van der Waals surface area contributed by atoms with Crippen molar-refractivity contribution in [1.29, 1.82) is 0 Å². The molecule has 0 saturated carbocycles. The van der Waals surface area contributed by atoms with Crippen LogP contribution in [0, 0.1) is 0 Å². The maximum absolute atomic E-state index is 12.2. The third-order valence-corrected chi connectivity index (χ3v) is 4.11. The highest BCUT2D eigenvalue weighted by molar-refractivity contribution is 5.83. The van der Waals surface area contributed by atoms with Gasteiger partial charge in [-0.15, -0.1) is 0 Å². The normalized spacial score (nSPS) is 18.1. The molecule has 2 aromatic carbocycles. The Morgan fingerprint density at radius 3 is 2.86 bits per heavy atom. The van der Waals surface area contributed by atoms with Crippen LogP contribution in [-0.2, 0) is 6.54 Å². The molecule has 4 nitrogen and oxygen atoms in total. The summed E-state index contributed by atoms with van der Waals surface area (Å²) in [5.74, 6) is 0. The van der Waals surface area contributed by atoms with Crippen molar-refractivity contribution in [3.63, 3.8) is 0 Å². The zero-order chi connectivity index (χ0) is 14.7. The zero-order valence-corrected chi connectivity index (χ0v) is 12.0. The Hall–Kier alpha value is -2.07. The molecule has 0 bridgehead atoms. The minimum atomic E-state index is -0.0836. The van der Waals surface area contributed by atoms with Crippen LogP contribution in [0.3, 0.4) is 0 Å². The number of nitrogens with zero attached hydrogens (tertiary/aromatic N) is 1. The Labute approximate surface area is 124 Å². The first-order chi connectivity index (χ1) is 10.3. The monoisotopic (exact) mass is 284 g/mol. The Balaban J connectivity index is 1.64. The van der Waals surface area contributed by atoms with Gasteiger partial charge in [-0.2, -0.15) is 0 Å². The lowest BCUT2D eigenvalue weighted by atomic mass is 10.1. The number of aliphatic hydroxyl groups is 1. The second-order valence-electron chi connectivity index (χ2n) is 5.51. The van der Waals surface area contributed by atoms with E-state index in [-0.39, 0.29) is 18.7 Å². The van der Waals surface area contributed by atoms with Gasteiger partial charge in [0.2, 0.25) is 0 Å². The van der Waals surface area contributed by atoms with E-state index in [9.17, 15) is 9.90 Å². The molecule has 1 saturated heterocycles. The lowest BCUT2D eigenvalue weighted by Crippen LogP contribution is -2.43. The highest BCUT2D eigenvalue weighted by Crippen LogP contribution is 2.18. The van der Waals surface area contributed by atoms with Crippen molar-refractivity contribution in [3.05, 3.63) is 48.0 Å². The number of nitrogens with one attached hydrogen (secondary N) is 1. The highest BCUT2D eigenvalue weighted by Gasteiger charge is 2.27. The molecule has 0 aromatic heterocycles. The first kappa shape index (κ1) is 13.9. The number of fused-ring (bicyclic) bond motifs is 1. The summed E-state index contributed by atoms with van der Waals surface area (Å²) in [7, 11) is 0. The first-order valence-electron chi connectivity index (χ1n) is 7.41. The number of rotatable bonds is 3. The number of urea groups is 1. The van der Waals surface area contributed by atoms with Crippen LogP contribution in [0.5, 0.6) is 0 Å². The maximum Gasteiger partial charge on any atom is 0.317 e. The van der Waals surface area contributed by atoms with Crippen LogP contribution in [0.4, 0.5) is 4.79 Å². The van der Waals surface area contributed by atoms with Crippen LogP contribution in [-0.4, -0.2) is 35.2 Å². The molecule has 1 heterocycles. The van der Waals surface area contributed by atoms with Gasteiger partial charge in [-0.25, -0.2) is 4.79 Å². The fraction of sp³-hybridized carbons (Fsp3) is 0.353. The summed E-state index contributed by atoms with van der Waals surface area (Å²) in [5, 5.41) is 14.6. The van der Waals surface area contributed by atoms with E-state index in [4.69, 9.17) is 0 Å². The molecule has 1 atom stereocenters. The van der Waals surface area contributed by atoms with Gasteiger partial charge in [0.25, 0.3) is 0 Å². The minimum Gasteiger partial charge on any atom is -0.394 e. The summed E-state index contributed by atoms with van der Waals surface area (Å²) in [6.07, 6.45) is 1.86. The van der Waals surface area contributed by atoms with Crippen molar-refractivity contribution in [2.75, 3.05) is 13.2 Å². The number of hydrogen-bond acceptors (Lipinski definition) is 2. The van der Waals surface area contributed by atoms with E-state index in [2.05, 4.69) is 29.6 Å². The fourth-order valence-corrected chi connectivity index (χ4v) is 2.92. The van der Waals surface area contributed by atoms with Crippen LogP contribution in [0.1, 0.15) is 18.4 Å². The molecule has 3 rings (SSSR count). The quantitative estimate of drug-likeness (QED) is 0.910. The van der Waals surface area contributed by atoms with Crippen LogP contribution in [0.2, 0.25) is 0 Å². The fourth-order valence-electron chi connectivity index (χ4n) is 2.92. The number of aliphatic hydroxyl groups excluding tert-OH is 1. The summed E-state index contributed by atoms with van der Waals surface area (Å²) >= 11 is 0. The van der Waals surface area contributed by atoms with Gasteiger partial charge in [0.1, 0.15) is 0 Å². The van der Waals surface area contributed by atoms with Gasteiger partial charge in [-0.05, 0) is 35.2 Å². The van der Waals surface area contributed by atoms with Gasteiger partial charge in [0, 0.05) is 13.1 Å². The molecule has 0 spiro atoms. The predicted octanol–water partition coefficient (Wildman–Crippen LogP) is 2.51. The lowest BCUT2D eigenvalue weighted by molar-refractivity contribution is 0.157. The van der Waals surface area contributed by atoms with Gasteiger partial charge in [0.05, 0.1) is 12.6 Å². The summed E-state index contributed by atoms with van der Waals surface area (Å²) in [6.45, 7) is 1.29. The van der Waals surface area contributed by atoms with Gasteiger partial charge in [-0.3, -0.25) is 0 Å². The SMILES string of the molecule is O=C(NCc1ccc2ccccc2c1)N1CCCC1CO. The van der Waals surface area contributed by atoms with Crippen molar-refractivity contribution in [3.8, 4) is 0 Å². The predicted molar refractivity (Wildman–Crippen MR) is 83.0 cm³/mol. The van der Waals surface area contributed by atoms with Crippen molar-refractivity contribution in [2.24, 2.45) is 0 Å². The Bertz CT molecular complexity index is 641. The number of carbonyl (C=O) groups is 1. The minimum absolute atomic E-state index is 0.0263. The Morgan fingerprint density at radius 2 is 2.05 bits per heavy atom. The molecule has 2 aromatic rings. The van der Waals surface area contributed by atoms with Gasteiger partial charge < -0.3 is 15.3 Å². The van der Waals surface area contributed by atoms with Crippen molar-refractivity contribution >= 4 is 16.8 Å². The Kier molecular flexibility index (Phi) is 4.06. The van der Waals surface area contributed by atoms with E-state index in [0.29, 0.717) is 6.54 Å². The number of hydrogen-bond donors (Lipinski definition) is 2. The standard InChI is InChI=1S/C17H20N2O2/c20-12-16-6-3-9-19(16)17(21)18-11-13-7-8-14-4-1-2-5-15(14)10-13/h1-2,4-5,7-8,10,16,20H,3,6,9,11-12H2,(H,18,21). The van der Waals surface area contributed by atoms with Crippen LogP contribution in [0.15, 0.2) is 42.5 Å². The smallest absolute Gasteiger partial charge is 0.317 e. The van der Waals surface area contributed by atoms with Crippen molar-refractivity contribution in [1.82, 2.24) is 10.2 Å². The van der Waals surface area contributed by atoms with Crippen LogP contribution in [0.25, 0.3) is 10.8 Å². The van der Waals surface area contributed by atoms with Crippen molar-refractivity contribution in [2.45, 2.75) is 25.4 Å². The molecule has 110 valence electrons. The van der Waals surface area contributed by atoms with Crippen molar-refractivity contribution < 1.29 is 9.90 Å². The molecule has 2 N–H and O–H groups in total. The molecule has 4 heteroatoms. The van der Waals surface area contributed by atoms with E-state index in [1.807, 2.05) is 18.2 Å². The maximum atomic E-state index is 12.2. The molecule has 0 aliphatic carbocycles. The van der Waals surface area contributed by atoms with E-state index < -0.39 is 0 Å². The van der Waals surface area contributed by atoms with Crippen LogP contribution < -0.4 is 5.32 Å². The largest absolute Gasteiger partial charge is 0.394 e. The molecule has 0 radical (unpaired) electrons. The van der Waals surface area contributed by atoms with E-state index in [1.54, 1.807) is 4.90 Å².